The number of nitrogens with zero attached hydrogens (tertiary/aromatic N) is 3. The third-order valence-electron chi connectivity index (χ3n) is 5.65. The van der Waals surface area contributed by atoms with Crippen molar-refractivity contribution < 1.29 is 17.9 Å². The van der Waals surface area contributed by atoms with E-state index in [4.69, 9.17) is 4.74 Å². The van der Waals surface area contributed by atoms with E-state index in [1.54, 1.807) is 12.1 Å². The Morgan fingerprint density at radius 2 is 1.97 bits per heavy atom. The predicted octanol–water partition coefficient (Wildman–Crippen LogP) is 1.62. The summed E-state index contributed by atoms with van der Waals surface area (Å²) in [5.74, 6) is 0.367. The van der Waals surface area contributed by atoms with E-state index in [1.807, 2.05) is 4.90 Å². The van der Waals surface area contributed by atoms with Crippen LogP contribution in [-0.2, 0) is 14.8 Å². The van der Waals surface area contributed by atoms with Gasteiger partial charge in [-0.05, 0) is 44.0 Å². The van der Waals surface area contributed by atoms with Crippen molar-refractivity contribution in [2.24, 2.45) is 4.40 Å². The highest BCUT2D eigenvalue weighted by atomic mass is 32.2. The van der Waals surface area contributed by atoms with Gasteiger partial charge in [0.05, 0.1) is 18.9 Å². The van der Waals surface area contributed by atoms with Gasteiger partial charge in [0.25, 0.3) is 15.9 Å². The van der Waals surface area contributed by atoms with Crippen LogP contribution < -0.4 is 10.2 Å². The van der Waals surface area contributed by atoms with Crippen LogP contribution in [0.3, 0.4) is 0 Å². The molecule has 1 N–H and O–H groups in total. The summed E-state index contributed by atoms with van der Waals surface area (Å²) in [7, 11) is -3.78. The Labute approximate surface area is 172 Å². The molecule has 3 aliphatic heterocycles. The third kappa shape index (κ3) is 4.62. The smallest absolute Gasteiger partial charge is 0.286 e. The van der Waals surface area contributed by atoms with E-state index >= 15 is 0 Å². The lowest BCUT2D eigenvalue weighted by molar-refractivity contribution is 0.0374. The first kappa shape index (κ1) is 20.3. The second-order valence-electron chi connectivity index (χ2n) is 7.69. The van der Waals surface area contributed by atoms with Crippen molar-refractivity contribution in [2.45, 2.75) is 37.0 Å². The third-order valence-corrected chi connectivity index (χ3v) is 6.98. The molecule has 3 heterocycles. The molecule has 9 heteroatoms. The Morgan fingerprint density at radius 3 is 2.79 bits per heavy atom. The summed E-state index contributed by atoms with van der Waals surface area (Å²) in [6, 6.07) is 4.92. The maximum Gasteiger partial charge on any atom is 0.286 e. The molecule has 158 valence electrons. The van der Waals surface area contributed by atoms with Crippen LogP contribution in [-0.4, -0.2) is 71.0 Å². The summed E-state index contributed by atoms with van der Waals surface area (Å²) in [5.41, 5.74) is 0.993. The van der Waals surface area contributed by atoms with Gasteiger partial charge in [0.15, 0.2) is 0 Å². The van der Waals surface area contributed by atoms with Crippen molar-refractivity contribution in [1.82, 2.24) is 10.2 Å². The molecule has 2 saturated heterocycles. The van der Waals surface area contributed by atoms with Crippen molar-refractivity contribution in [3.05, 3.63) is 23.8 Å². The molecule has 8 nitrogen and oxygen atoms in total. The molecule has 0 spiro atoms. The molecule has 1 amide bonds. The van der Waals surface area contributed by atoms with Crippen LogP contribution in [0.15, 0.2) is 27.5 Å². The molecule has 1 aromatic rings. The molecule has 0 aliphatic carbocycles. The Morgan fingerprint density at radius 1 is 1.14 bits per heavy atom. The maximum atomic E-state index is 12.7. The average Bonchev–Trinajstić information content (AvgIpc) is 2.96. The molecule has 3 aliphatic rings. The Hall–Kier alpha value is -1.97. The number of amides is 1. The number of carbonyl (C=O) groups is 1. The lowest BCUT2D eigenvalue weighted by atomic mass is 10.1. The highest BCUT2D eigenvalue weighted by molar-refractivity contribution is 7.90. The molecule has 4 rings (SSSR count). The first-order valence-electron chi connectivity index (χ1n) is 10.4. The molecular weight excluding hydrogens is 392 g/mol. The molecule has 1 aromatic carbocycles. The fourth-order valence-corrected chi connectivity index (χ4v) is 5.34. The van der Waals surface area contributed by atoms with Gasteiger partial charge < -0.3 is 15.0 Å². The lowest BCUT2D eigenvalue weighted by Crippen LogP contribution is -2.38. The van der Waals surface area contributed by atoms with Crippen LogP contribution in [0.1, 0.15) is 42.5 Å². The van der Waals surface area contributed by atoms with Crippen molar-refractivity contribution in [2.75, 3.05) is 50.8 Å². The van der Waals surface area contributed by atoms with Gasteiger partial charge in [-0.2, -0.15) is 8.42 Å². The van der Waals surface area contributed by atoms with Gasteiger partial charge >= 0.3 is 0 Å². The monoisotopic (exact) mass is 420 g/mol. The maximum absolute atomic E-state index is 12.7. The van der Waals surface area contributed by atoms with E-state index in [0.29, 0.717) is 30.1 Å². The van der Waals surface area contributed by atoms with Gasteiger partial charge in [-0.1, -0.05) is 6.42 Å². The largest absolute Gasteiger partial charge is 0.379 e. The van der Waals surface area contributed by atoms with E-state index in [2.05, 4.69) is 14.6 Å². The summed E-state index contributed by atoms with van der Waals surface area (Å²) in [6.45, 7) is 5.59. The summed E-state index contributed by atoms with van der Waals surface area (Å²) in [6.07, 6.45) is 4.53. The van der Waals surface area contributed by atoms with E-state index < -0.39 is 10.0 Å². The zero-order chi connectivity index (χ0) is 20.3. The SMILES string of the molecule is O=C(NCCCN1CCOCC1)c1ccc2c(c1)S(=O)(=O)N=C1CCCCCN12. The number of amidine groups is 1. The molecule has 0 radical (unpaired) electrons. The second-order valence-corrected chi connectivity index (χ2v) is 9.26. The molecule has 0 bridgehead atoms. The van der Waals surface area contributed by atoms with Gasteiger partial charge in [-0.15, -0.1) is 4.40 Å². The van der Waals surface area contributed by atoms with Gasteiger partial charge in [-0.3, -0.25) is 9.69 Å². The number of rotatable bonds is 5. The number of hydrogen-bond donors (Lipinski definition) is 1. The molecule has 0 saturated carbocycles. The Kier molecular flexibility index (Phi) is 6.17. The molecule has 0 unspecified atom stereocenters. The Bertz CT molecular complexity index is 894. The van der Waals surface area contributed by atoms with Crippen LogP contribution in [0, 0.1) is 0 Å². The number of ether oxygens (including phenoxy) is 1. The number of fused-ring (bicyclic) bond motifs is 3. The van der Waals surface area contributed by atoms with Gasteiger partial charge in [0, 0.05) is 38.2 Å². The first-order chi connectivity index (χ1) is 14.0. The van der Waals surface area contributed by atoms with E-state index in [-0.39, 0.29) is 10.8 Å². The fraction of sp³-hybridized carbons (Fsp3) is 0.600. The predicted molar refractivity (Wildman–Crippen MR) is 111 cm³/mol. The molecule has 0 atom stereocenters. The Balaban J connectivity index is 1.42. The summed E-state index contributed by atoms with van der Waals surface area (Å²) in [4.78, 5) is 17.0. The number of benzene rings is 1. The normalized spacial score (nSPS) is 21.5. The number of anilines is 1. The highest BCUT2D eigenvalue weighted by Crippen LogP contribution is 2.34. The minimum absolute atomic E-state index is 0.129. The van der Waals surface area contributed by atoms with Crippen molar-refractivity contribution in [3.63, 3.8) is 0 Å². The zero-order valence-corrected chi connectivity index (χ0v) is 17.4. The van der Waals surface area contributed by atoms with Crippen molar-refractivity contribution >= 4 is 27.5 Å². The van der Waals surface area contributed by atoms with Gasteiger partial charge in [0.1, 0.15) is 10.7 Å². The summed E-state index contributed by atoms with van der Waals surface area (Å²) < 4.78 is 34.7. The van der Waals surface area contributed by atoms with E-state index in [9.17, 15) is 13.2 Å². The number of sulfonamides is 1. The van der Waals surface area contributed by atoms with Crippen LogP contribution in [0.5, 0.6) is 0 Å². The van der Waals surface area contributed by atoms with E-state index in [0.717, 1.165) is 65.1 Å². The minimum Gasteiger partial charge on any atom is -0.379 e. The minimum atomic E-state index is -3.78. The average molecular weight is 421 g/mol. The van der Waals surface area contributed by atoms with Gasteiger partial charge in [0.2, 0.25) is 0 Å². The lowest BCUT2D eigenvalue weighted by Gasteiger charge is -2.29. The molecular formula is C20H28N4O4S. The topological polar surface area (TPSA) is 91.3 Å². The first-order valence-corrected chi connectivity index (χ1v) is 11.8. The number of hydrogen-bond acceptors (Lipinski definition) is 6. The number of carbonyl (C=O) groups excluding carboxylic acids is 1. The second kappa shape index (κ2) is 8.81. The fourth-order valence-electron chi connectivity index (χ4n) is 4.05. The number of morpholine rings is 1. The van der Waals surface area contributed by atoms with Crippen LogP contribution in [0.4, 0.5) is 5.69 Å². The molecule has 29 heavy (non-hydrogen) atoms. The molecule has 2 fully saturated rings. The van der Waals surface area contributed by atoms with Crippen LogP contribution in [0.25, 0.3) is 0 Å². The number of nitrogens with one attached hydrogen (secondary N) is 1. The summed E-state index contributed by atoms with van der Waals surface area (Å²) in [5, 5.41) is 2.90. The summed E-state index contributed by atoms with van der Waals surface area (Å²) >= 11 is 0. The van der Waals surface area contributed by atoms with Crippen molar-refractivity contribution in [1.29, 1.82) is 0 Å². The van der Waals surface area contributed by atoms with Gasteiger partial charge in [-0.25, -0.2) is 0 Å². The van der Waals surface area contributed by atoms with Crippen LogP contribution in [0.2, 0.25) is 0 Å². The quantitative estimate of drug-likeness (QED) is 0.728. The highest BCUT2D eigenvalue weighted by Gasteiger charge is 2.32. The zero-order valence-electron chi connectivity index (χ0n) is 16.6. The molecule has 0 aromatic heterocycles. The standard InChI is InChI=1S/C20H28N4O4S/c25-20(21-8-4-9-23-11-13-28-14-12-23)16-6-7-17-18(15-16)29(26,27)22-19-5-2-1-3-10-24(17)19/h6-7,15H,1-5,8-14H2,(H,21,25). The van der Waals surface area contributed by atoms with E-state index in [1.165, 1.54) is 6.07 Å². The van der Waals surface area contributed by atoms with Crippen molar-refractivity contribution in [3.8, 4) is 0 Å². The van der Waals surface area contributed by atoms with Crippen LogP contribution >= 0.6 is 0 Å².